The molecule has 0 aliphatic heterocycles. The van der Waals surface area contributed by atoms with Crippen LogP contribution in [0.3, 0.4) is 0 Å². The first-order valence-corrected chi connectivity index (χ1v) is 7.78. The van der Waals surface area contributed by atoms with E-state index in [-0.39, 0.29) is 0 Å². The van der Waals surface area contributed by atoms with Crippen molar-refractivity contribution in [3.05, 3.63) is 65.2 Å². The average molecular weight is 341 g/mol. The second-order valence-electron chi connectivity index (χ2n) is 5.29. The van der Waals surface area contributed by atoms with Gasteiger partial charge in [-0.25, -0.2) is 15.0 Å². The highest BCUT2D eigenvalue weighted by Gasteiger charge is 2.10. The number of aryl methyl sites for hydroxylation is 1. The van der Waals surface area contributed by atoms with Crippen molar-refractivity contribution in [1.82, 2.24) is 15.0 Å². The van der Waals surface area contributed by atoms with Gasteiger partial charge in [-0.3, -0.25) is 0 Å². The average Bonchev–Trinajstić information content (AvgIpc) is 2.59. The molecule has 0 spiro atoms. The summed E-state index contributed by atoms with van der Waals surface area (Å²) >= 11 is 6.05. The van der Waals surface area contributed by atoms with Crippen molar-refractivity contribution < 1.29 is 0 Å². The molecule has 0 atom stereocenters. The molecule has 2 heterocycles. The van der Waals surface area contributed by atoms with Crippen LogP contribution in [0.5, 0.6) is 0 Å². The Kier molecular flexibility index (Phi) is 4.77. The third-order valence-corrected chi connectivity index (χ3v) is 3.78. The zero-order chi connectivity index (χ0) is 16.9. The van der Waals surface area contributed by atoms with Gasteiger partial charge in [0.05, 0.1) is 5.69 Å². The first-order valence-electron chi connectivity index (χ1n) is 7.41. The highest BCUT2D eigenvalue weighted by molar-refractivity contribution is 6.32. The van der Waals surface area contributed by atoms with Crippen molar-refractivity contribution >= 4 is 34.6 Å². The molecule has 6 nitrogen and oxygen atoms in total. The van der Waals surface area contributed by atoms with Crippen molar-refractivity contribution in [3.8, 4) is 0 Å². The lowest BCUT2D eigenvalue weighted by atomic mass is 10.1. The normalized spacial score (nSPS) is 10.4. The number of nitrogens with one attached hydrogen (secondary N) is 2. The molecule has 0 amide bonds. The van der Waals surface area contributed by atoms with Gasteiger partial charge in [0.2, 0.25) is 0 Å². The number of benzene rings is 1. The SMILES string of the molecule is Cc1ccc(CNc2ncnc(Nc3cccnc3Cl)c2N)cc1. The van der Waals surface area contributed by atoms with Gasteiger partial charge in [-0.05, 0) is 24.6 Å². The molecule has 0 radical (unpaired) electrons. The number of hydrogen-bond acceptors (Lipinski definition) is 6. The van der Waals surface area contributed by atoms with Crippen LogP contribution >= 0.6 is 11.6 Å². The number of rotatable bonds is 5. The Morgan fingerprint density at radius 2 is 1.79 bits per heavy atom. The highest BCUT2D eigenvalue weighted by Crippen LogP contribution is 2.28. The molecule has 0 saturated heterocycles. The number of hydrogen-bond donors (Lipinski definition) is 3. The molecular weight excluding hydrogens is 324 g/mol. The maximum atomic E-state index is 6.16. The van der Waals surface area contributed by atoms with E-state index in [4.69, 9.17) is 17.3 Å². The minimum Gasteiger partial charge on any atom is -0.393 e. The lowest BCUT2D eigenvalue weighted by Crippen LogP contribution is -2.08. The summed E-state index contributed by atoms with van der Waals surface area (Å²) in [7, 11) is 0. The molecule has 4 N–H and O–H groups in total. The Labute approximate surface area is 145 Å². The fourth-order valence-electron chi connectivity index (χ4n) is 2.13. The molecular formula is C17H17ClN6. The monoisotopic (exact) mass is 340 g/mol. The van der Waals surface area contributed by atoms with Crippen molar-refractivity contribution in [3.63, 3.8) is 0 Å². The summed E-state index contributed by atoms with van der Waals surface area (Å²) in [4.78, 5) is 12.4. The maximum Gasteiger partial charge on any atom is 0.159 e. The zero-order valence-electron chi connectivity index (χ0n) is 13.1. The number of nitrogens with zero attached hydrogens (tertiary/aromatic N) is 3. The van der Waals surface area contributed by atoms with Gasteiger partial charge in [0, 0.05) is 12.7 Å². The molecule has 0 bridgehead atoms. The number of nitrogens with two attached hydrogens (primary N) is 1. The van der Waals surface area contributed by atoms with Gasteiger partial charge in [-0.1, -0.05) is 41.4 Å². The molecule has 24 heavy (non-hydrogen) atoms. The van der Waals surface area contributed by atoms with Crippen LogP contribution in [0.1, 0.15) is 11.1 Å². The van der Waals surface area contributed by atoms with E-state index in [0.29, 0.717) is 34.7 Å². The maximum absolute atomic E-state index is 6.16. The quantitative estimate of drug-likeness (QED) is 0.613. The van der Waals surface area contributed by atoms with E-state index in [1.165, 1.54) is 11.9 Å². The number of halogens is 1. The van der Waals surface area contributed by atoms with Gasteiger partial charge in [0.25, 0.3) is 0 Å². The number of anilines is 4. The van der Waals surface area contributed by atoms with Crippen LogP contribution in [0.25, 0.3) is 0 Å². The van der Waals surface area contributed by atoms with Crippen LogP contribution in [-0.2, 0) is 6.54 Å². The summed E-state index contributed by atoms with van der Waals surface area (Å²) < 4.78 is 0. The van der Waals surface area contributed by atoms with Gasteiger partial charge >= 0.3 is 0 Å². The van der Waals surface area contributed by atoms with Crippen LogP contribution in [0, 0.1) is 6.92 Å². The molecule has 7 heteroatoms. The number of aromatic nitrogens is 3. The molecule has 1 aromatic carbocycles. The van der Waals surface area contributed by atoms with E-state index in [2.05, 4.69) is 56.8 Å². The van der Waals surface area contributed by atoms with E-state index < -0.39 is 0 Å². The summed E-state index contributed by atoms with van der Waals surface area (Å²) in [6, 6.07) is 11.8. The molecule has 122 valence electrons. The third-order valence-electron chi connectivity index (χ3n) is 3.48. The third kappa shape index (κ3) is 3.72. The van der Waals surface area contributed by atoms with Gasteiger partial charge in [0.1, 0.15) is 12.0 Å². The predicted octanol–water partition coefficient (Wildman–Crippen LogP) is 3.77. The van der Waals surface area contributed by atoms with E-state index in [1.54, 1.807) is 18.3 Å². The largest absolute Gasteiger partial charge is 0.393 e. The summed E-state index contributed by atoms with van der Waals surface area (Å²) in [5.41, 5.74) is 9.57. The first kappa shape index (κ1) is 16.0. The Balaban J connectivity index is 1.75. The summed E-state index contributed by atoms with van der Waals surface area (Å²) in [5, 5.41) is 6.65. The Bertz CT molecular complexity index is 835. The van der Waals surface area contributed by atoms with Crippen LogP contribution < -0.4 is 16.4 Å². The lowest BCUT2D eigenvalue weighted by molar-refractivity contribution is 1.08. The van der Waals surface area contributed by atoms with Crippen LogP contribution in [0.2, 0.25) is 5.15 Å². The van der Waals surface area contributed by atoms with Gasteiger partial charge in [0.15, 0.2) is 16.8 Å². The van der Waals surface area contributed by atoms with Crippen LogP contribution in [0.4, 0.5) is 23.0 Å². The lowest BCUT2D eigenvalue weighted by Gasteiger charge is -2.13. The van der Waals surface area contributed by atoms with E-state index in [9.17, 15) is 0 Å². The van der Waals surface area contributed by atoms with Crippen molar-refractivity contribution in [2.45, 2.75) is 13.5 Å². The smallest absolute Gasteiger partial charge is 0.159 e. The summed E-state index contributed by atoms with van der Waals surface area (Å²) in [6.07, 6.45) is 3.06. The molecule has 0 aliphatic carbocycles. The fraction of sp³-hybridized carbons (Fsp3) is 0.118. The van der Waals surface area contributed by atoms with Gasteiger partial charge < -0.3 is 16.4 Å². The highest BCUT2D eigenvalue weighted by atomic mass is 35.5. The Hall–Kier alpha value is -2.86. The molecule has 0 saturated carbocycles. The molecule has 3 aromatic rings. The molecule has 0 fully saturated rings. The second-order valence-corrected chi connectivity index (χ2v) is 5.65. The number of nitrogen functional groups attached to an aromatic ring is 1. The second kappa shape index (κ2) is 7.14. The molecule has 3 rings (SSSR count). The van der Waals surface area contributed by atoms with Crippen molar-refractivity contribution in [2.75, 3.05) is 16.4 Å². The standard InChI is InChI=1S/C17H17ClN6/c1-11-4-6-12(7-5-11)9-21-16-14(19)17(23-10-22-16)24-13-3-2-8-20-15(13)18/h2-8,10H,9,19H2,1H3,(H2,21,22,23,24). The van der Waals surface area contributed by atoms with Crippen molar-refractivity contribution in [1.29, 1.82) is 0 Å². The minimum absolute atomic E-state index is 0.352. The van der Waals surface area contributed by atoms with Crippen LogP contribution in [-0.4, -0.2) is 15.0 Å². The predicted molar refractivity (Wildman–Crippen MR) is 97.5 cm³/mol. The molecule has 2 aromatic heterocycles. The number of pyridine rings is 1. The topological polar surface area (TPSA) is 88.8 Å². The Morgan fingerprint density at radius 3 is 2.54 bits per heavy atom. The van der Waals surface area contributed by atoms with E-state index in [0.717, 1.165) is 5.56 Å². The fourth-order valence-corrected chi connectivity index (χ4v) is 2.30. The van der Waals surface area contributed by atoms with Gasteiger partial charge in [-0.2, -0.15) is 0 Å². The van der Waals surface area contributed by atoms with Gasteiger partial charge in [-0.15, -0.1) is 0 Å². The molecule has 0 aliphatic rings. The van der Waals surface area contributed by atoms with Crippen LogP contribution in [0.15, 0.2) is 48.9 Å². The zero-order valence-corrected chi connectivity index (χ0v) is 13.9. The summed E-state index contributed by atoms with van der Waals surface area (Å²) in [6.45, 7) is 2.68. The first-order chi connectivity index (χ1) is 11.6. The van der Waals surface area contributed by atoms with E-state index >= 15 is 0 Å². The van der Waals surface area contributed by atoms with Crippen molar-refractivity contribution in [2.24, 2.45) is 0 Å². The minimum atomic E-state index is 0.352. The molecule has 0 unspecified atom stereocenters. The van der Waals surface area contributed by atoms with E-state index in [1.807, 2.05) is 0 Å². The Morgan fingerprint density at radius 1 is 1.04 bits per heavy atom. The summed E-state index contributed by atoms with van der Waals surface area (Å²) in [5.74, 6) is 1.04.